The Bertz CT molecular complexity index is 1010. The number of anilines is 1. The van der Waals surface area contributed by atoms with Crippen molar-refractivity contribution in [2.24, 2.45) is 0 Å². The van der Waals surface area contributed by atoms with E-state index in [1.807, 2.05) is 48.2 Å². The third-order valence-electron chi connectivity index (χ3n) is 4.43. The standard InChI is InChI=1S/C22H19ClF3N3S/c1-15-2-4-16(5-3-15)13-29(14-17-8-10-27-11-9-17)21(30)28-18-6-7-20(23)19(12-18)22(24,25)26/h2-12H,13-14H2,1H3,(H,28,30). The Kier molecular flexibility index (Phi) is 6.95. The minimum Gasteiger partial charge on any atom is -0.340 e. The molecule has 8 heteroatoms. The number of alkyl halides is 3. The fourth-order valence-electron chi connectivity index (χ4n) is 2.84. The molecule has 0 spiro atoms. The highest BCUT2D eigenvalue weighted by molar-refractivity contribution is 7.80. The lowest BCUT2D eigenvalue weighted by atomic mass is 10.1. The largest absolute Gasteiger partial charge is 0.417 e. The smallest absolute Gasteiger partial charge is 0.340 e. The molecule has 1 heterocycles. The summed E-state index contributed by atoms with van der Waals surface area (Å²) in [6, 6.07) is 15.4. The molecule has 0 aliphatic heterocycles. The van der Waals surface area contributed by atoms with Gasteiger partial charge in [-0.15, -0.1) is 0 Å². The monoisotopic (exact) mass is 449 g/mol. The third kappa shape index (κ3) is 5.93. The van der Waals surface area contributed by atoms with Crippen molar-refractivity contribution in [1.29, 1.82) is 0 Å². The molecular formula is C22H19ClF3N3S. The van der Waals surface area contributed by atoms with Crippen LogP contribution in [0.5, 0.6) is 0 Å². The zero-order valence-electron chi connectivity index (χ0n) is 16.1. The Balaban J connectivity index is 1.83. The van der Waals surface area contributed by atoms with Crippen LogP contribution in [0.1, 0.15) is 22.3 Å². The van der Waals surface area contributed by atoms with Crippen LogP contribution < -0.4 is 5.32 Å². The van der Waals surface area contributed by atoms with Crippen LogP contribution in [-0.4, -0.2) is 15.0 Å². The third-order valence-corrected chi connectivity index (χ3v) is 5.12. The minimum atomic E-state index is -4.55. The van der Waals surface area contributed by atoms with Crippen LogP contribution in [0.25, 0.3) is 0 Å². The van der Waals surface area contributed by atoms with Gasteiger partial charge in [0.05, 0.1) is 10.6 Å². The number of rotatable bonds is 5. The van der Waals surface area contributed by atoms with Crippen LogP contribution in [0.3, 0.4) is 0 Å². The molecule has 2 aromatic carbocycles. The van der Waals surface area contributed by atoms with Gasteiger partial charge < -0.3 is 10.2 Å². The van der Waals surface area contributed by atoms with Gasteiger partial charge in [-0.25, -0.2) is 0 Å². The molecule has 0 saturated carbocycles. The predicted octanol–water partition coefficient (Wildman–Crippen LogP) is 6.46. The van der Waals surface area contributed by atoms with Crippen molar-refractivity contribution in [3.63, 3.8) is 0 Å². The summed E-state index contributed by atoms with van der Waals surface area (Å²) in [6.07, 6.45) is -1.18. The van der Waals surface area contributed by atoms with E-state index < -0.39 is 11.7 Å². The fraction of sp³-hybridized carbons (Fsp3) is 0.182. The second-order valence-electron chi connectivity index (χ2n) is 6.82. The van der Waals surface area contributed by atoms with E-state index in [0.717, 1.165) is 22.8 Å². The molecule has 0 bridgehead atoms. The Hall–Kier alpha value is -2.64. The van der Waals surface area contributed by atoms with E-state index in [1.54, 1.807) is 12.4 Å². The maximum absolute atomic E-state index is 13.2. The molecule has 0 atom stereocenters. The van der Waals surface area contributed by atoms with Gasteiger partial charge in [-0.1, -0.05) is 41.4 Å². The van der Waals surface area contributed by atoms with E-state index in [9.17, 15) is 13.2 Å². The fourth-order valence-corrected chi connectivity index (χ4v) is 3.32. The molecule has 0 unspecified atom stereocenters. The summed E-state index contributed by atoms with van der Waals surface area (Å²) in [6.45, 7) is 2.97. The van der Waals surface area contributed by atoms with Gasteiger partial charge in [0.2, 0.25) is 0 Å². The number of benzene rings is 2. The van der Waals surface area contributed by atoms with Crippen LogP contribution in [0.4, 0.5) is 18.9 Å². The Morgan fingerprint density at radius 3 is 2.20 bits per heavy atom. The molecule has 3 rings (SSSR count). The summed E-state index contributed by atoms with van der Waals surface area (Å²) in [5.41, 5.74) is 2.47. The van der Waals surface area contributed by atoms with E-state index in [-0.39, 0.29) is 10.7 Å². The molecule has 0 aliphatic rings. The molecule has 3 nitrogen and oxygen atoms in total. The van der Waals surface area contributed by atoms with Crippen molar-refractivity contribution in [2.45, 2.75) is 26.2 Å². The first-order valence-corrected chi connectivity index (χ1v) is 9.88. The van der Waals surface area contributed by atoms with E-state index in [1.165, 1.54) is 12.1 Å². The molecule has 1 aromatic heterocycles. The van der Waals surface area contributed by atoms with Gasteiger partial charge in [0.1, 0.15) is 0 Å². The summed E-state index contributed by atoms with van der Waals surface area (Å²) >= 11 is 11.2. The number of aryl methyl sites for hydroxylation is 1. The van der Waals surface area contributed by atoms with E-state index in [4.69, 9.17) is 23.8 Å². The van der Waals surface area contributed by atoms with Crippen molar-refractivity contribution in [3.8, 4) is 0 Å². The number of pyridine rings is 1. The van der Waals surface area contributed by atoms with Crippen LogP contribution in [0, 0.1) is 6.92 Å². The van der Waals surface area contributed by atoms with Crippen LogP contribution >= 0.6 is 23.8 Å². The van der Waals surface area contributed by atoms with Crippen molar-refractivity contribution in [2.75, 3.05) is 5.32 Å². The zero-order chi connectivity index (χ0) is 21.7. The van der Waals surface area contributed by atoms with Crippen molar-refractivity contribution >= 4 is 34.6 Å². The van der Waals surface area contributed by atoms with Crippen molar-refractivity contribution < 1.29 is 13.2 Å². The topological polar surface area (TPSA) is 28.2 Å². The Morgan fingerprint density at radius 1 is 1.00 bits per heavy atom. The van der Waals surface area contributed by atoms with Crippen molar-refractivity contribution in [3.05, 3.63) is 94.3 Å². The number of aromatic nitrogens is 1. The summed E-state index contributed by atoms with van der Waals surface area (Å²) in [5, 5.41) is 2.87. The second kappa shape index (κ2) is 9.45. The molecule has 0 saturated heterocycles. The van der Waals surface area contributed by atoms with E-state index >= 15 is 0 Å². The number of nitrogens with zero attached hydrogens (tertiary/aromatic N) is 2. The maximum atomic E-state index is 13.2. The average Bonchev–Trinajstić information content (AvgIpc) is 2.70. The normalized spacial score (nSPS) is 11.2. The van der Waals surface area contributed by atoms with Crippen LogP contribution in [-0.2, 0) is 19.3 Å². The first kappa shape index (κ1) is 22.1. The first-order chi connectivity index (χ1) is 14.2. The number of hydrogen-bond acceptors (Lipinski definition) is 2. The molecule has 0 fully saturated rings. The highest BCUT2D eigenvalue weighted by Gasteiger charge is 2.33. The first-order valence-electron chi connectivity index (χ1n) is 9.09. The van der Waals surface area contributed by atoms with Gasteiger partial charge in [0.25, 0.3) is 0 Å². The molecule has 30 heavy (non-hydrogen) atoms. The number of thiocarbonyl (C=S) groups is 1. The second-order valence-corrected chi connectivity index (χ2v) is 7.61. The highest BCUT2D eigenvalue weighted by Crippen LogP contribution is 2.36. The zero-order valence-corrected chi connectivity index (χ0v) is 17.7. The van der Waals surface area contributed by atoms with Crippen LogP contribution in [0.15, 0.2) is 67.0 Å². The van der Waals surface area contributed by atoms with Gasteiger partial charge in [-0.2, -0.15) is 13.2 Å². The van der Waals surface area contributed by atoms with Gasteiger partial charge in [0, 0.05) is 31.2 Å². The molecule has 0 amide bonds. The summed E-state index contributed by atoms with van der Waals surface area (Å²) in [7, 11) is 0. The summed E-state index contributed by atoms with van der Waals surface area (Å²) in [4.78, 5) is 5.90. The number of nitrogens with one attached hydrogen (secondary N) is 1. The number of hydrogen-bond donors (Lipinski definition) is 1. The SMILES string of the molecule is Cc1ccc(CN(Cc2ccncc2)C(=S)Nc2ccc(Cl)c(C(F)(F)F)c2)cc1. The summed E-state index contributed by atoms with van der Waals surface area (Å²) in [5.74, 6) is 0. The predicted molar refractivity (Wildman–Crippen MR) is 117 cm³/mol. The molecule has 0 radical (unpaired) electrons. The minimum absolute atomic E-state index is 0.223. The molecule has 156 valence electrons. The number of halogens is 4. The highest BCUT2D eigenvalue weighted by atomic mass is 35.5. The summed E-state index contributed by atoms with van der Waals surface area (Å²) < 4.78 is 39.5. The Morgan fingerprint density at radius 2 is 1.60 bits per heavy atom. The lowest BCUT2D eigenvalue weighted by Crippen LogP contribution is -2.34. The molecule has 3 aromatic rings. The lowest BCUT2D eigenvalue weighted by molar-refractivity contribution is -0.137. The van der Waals surface area contributed by atoms with Crippen molar-refractivity contribution in [1.82, 2.24) is 9.88 Å². The maximum Gasteiger partial charge on any atom is 0.417 e. The van der Waals surface area contributed by atoms with Gasteiger partial charge in [0.15, 0.2) is 5.11 Å². The van der Waals surface area contributed by atoms with E-state index in [2.05, 4.69) is 10.3 Å². The van der Waals surface area contributed by atoms with Gasteiger partial charge >= 0.3 is 6.18 Å². The average molecular weight is 450 g/mol. The molecule has 1 N–H and O–H groups in total. The van der Waals surface area contributed by atoms with Crippen LogP contribution in [0.2, 0.25) is 5.02 Å². The van der Waals surface area contributed by atoms with Gasteiger partial charge in [-0.3, -0.25) is 4.98 Å². The molecule has 0 aliphatic carbocycles. The van der Waals surface area contributed by atoms with E-state index in [0.29, 0.717) is 18.2 Å². The van der Waals surface area contributed by atoms with Gasteiger partial charge in [-0.05, 0) is 60.6 Å². The quantitative estimate of drug-likeness (QED) is 0.452. The lowest BCUT2D eigenvalue weighted by Gasteiger charge is -2.26. The Labute approximate surface area is 183 Å². The molecular weight excluding hydrogens is 431 g/mol.